The van der Waals surface area contributed by atoms with Gasteiger partial charge < -0.3 is 0 Å². The van der Waals surface area contributed by atoms with Gasteiger partial charge in [0.1, 0.15) is 0 Å². The minimum absolute atomic E-state index is 0. The molecule has 0 heterocycles. The molecular formula is H5FeNaO8S2. The van der Waals surface area contributed by atoms with Gasteiger partial charge in [-0.25, -0.2) is 0 Å². The summed E-state index contributed by atoms with van der Waals surface area (Å²) in [6.07, 6.45) is 0. The average Bonchev–Trinajstić information content (AvgIpc) is 1.12. The molecule has 12 heavy (non-hydrogen) atoms. The third-order valence-corrected chi connectivity index (χ3v) is 0. The molecular weight excluding hydrogens is 271 g/mol. The predicted octanol–water partition coefficient (Wildman–Crippen LogP) is -1.96. The fraction of sp³-hybridized carbons (Fsp3) is 0. The summed E-state index contributed by atoms with van der Waals surface area (Å²) in [6.45, 7) is 0. The van der Waals surface area contributed by atoms with Crippen LogP contribution in [0.1, 0.15) is 0 Å². The molecule has 0 aliphatic heterocycles. The zero-order valence-electron chi connectivity index (χ0n) is 4.59. The predicted molar refractivity (Wildman–Crippen MR) is 35.5 cm³/mol. The van der Waals surface area contributed by atoms with E-state index in [2.05, 4.69) is 0 Å². The zero-order valence-corrected chi connectivity index (χ0v) is 7.33. The van der Waals surface area contributed by atoms with Crippen molar-refractivity contribution >= 4 is 50.4 Å². The topological polar surface area (TPSA) is 149 Å². The molecule has 4 N–H and O–H groups in total. The first-order valence-electron chi connectivity index (χ1n) is 1.40. The van der Waals surface area contributed by atoms with E-state index in [-0.39, 0.29) is 46.6 Å². The van der Waals surface area contributed by atoms with Crippen LogP contribution in [0.3, 0.4) is 0 Å². The second kappa shape index (κ2) is 8.84. The Labute approximate surface area is 102 Å². The third kappa shape index (κ3) is 747. The van der Waals surface area contributed by atoms with Gasteiger partial charge in [-0.3, -0.25) is 18.2 Å². The van der Waals surface area contributed by atoms with Gasteiger partial charge >= 0.3 is 50.4 Å². The van der Waals surface area contributed by atoms with E-state index in [1.807, 2.05) is 0 Å². The van der Waals surface area contributed by atoms with Crippen molar-refractivity contribution in [3.05, 3.63) is 0 Å². The molecule has 0 radical (unpaired) electrons. The molecule has 0 aliphatic carbocycles. The first-order valence-corrected chi connectivity index (χ1v) is 4.19. The van der Waals surface area contributed by atoms with Gasteiger partial charge in [0.25, 0.3) is 0 Å². The van der Waals surface area contributed by atoms with E-state index >= 15 is 0 Å². The molecule has 0 saturated heterocycles. The van der Waals surface area contributed by atoms with Crippen LogP contribution in [0, 0.1) is 0 Å². The minimum atomic E-state index is -4.67. The van der Waals surface area contributed by atoms with Gasteiger partial charge in [-0.15, -0.1) is 0 Å². The number of hydrogen-bond acceptors (Lipinski definition) is 4. The summed E-state index contributed by atoms with van der Waals surface area (Å²) in [5.74, 6) is 0. The summed E-state index contributed by atoms with van der Waals surface area (Å²) in [5.41, 5.74) is 0. The van der Waals surface area contributed by atoms with Crippen molar-refractivity contribution in [3.63, 3.8) is 0 Å². The third-order valence-electron chi connectivity index (χ3n) is 0. The summed E-state index contributed by atoms with van der Waals surface area (Å²) < 4.78 is 63.2. The van der Waals surface area contributed by atoms with E-state index in [0.717, 1.165) is 0 Å². The quantitative estimate of drug-likeness (QED) is 0.294. The molecule has 0 fully saturated rings. The van der Waals surface area contributed by atoms with E-state index in [1.54, 1.807) is 0 Å². The summed E-state index contributed by atoms with van der Waals surface area (Å²) in [4.78, 5) is 0. The van der Waals surface area contributed by atoms with Crippen molar-refractivity contribution < 1.29 is 52.1 Å². The molecule has 0 amide bonds. The number of rotatable bonds is 0. The Morgan fingerprint density at radius 1 is 0.667 bits per heavy atom. The van der Waals surface area contributed by atoms with Crippen LogP contribution in [0.2, 0.25) is 0 Å². The molecule has 0 atom stereocenters. The Bertz CT molecular complexity index is 213. The summed E-state index contributed by atoms with van der Waals surface area (Å²) >= 11 is 0. The average molecular weight is 276 g/mol. The van der Waals surface area contributed by atoms with Gasteiger partial charge in [0.15, 0.2) is 0 Å². The molecule has 0 bridgehead atoms. The maximum atomic E-state index is 8.74. The Morgan fingerprint density at radius 2 is 0.667 bits per heavy atom. The fourth-order valence-corrected chi connectivity index (χ4v) is 0. The molecule has 12 heteroatoms. The van der Waals surface area contributed by atoms with Crippen LogP contribution in [-0.4, -0.2) is 64.6 Å². The van der Waals surface area contributed by atoms with Crippen molar-refractivity contribution in [2.24, 2.45) is 0 Å². The molecule has 0 aliphatic rings. The van der Waals surface area contributed by atoms with Crippen LogP contribution in [0.4, 0.5) is 0 Å². The molecule has 0 aromatic rings. The SMILES string of the molecule is O=S(=O)(O)O.O=S(=O)(O)O.[Fe].[NaH]. The molecule has 8 nitrogen and oxygen atoms in total. The van der Waals surface area contributed by atoms with Crippen molar-refractivity contribution in [3.8, 4) is 0 Å². The van der Waals surface area contributed by atoms with Gasteiger partial charge in [0.2, 0.25) is 0 Å². The van der Waals surface area contributed by atoms with Crippen molar-refractivity contribution in [1.82, 2.24) is 0 Å². The van der Waals surface area contributed by atoms with Gasteiger partial charge in [-0.05, 0) is 0 Å². The summed E-state index contributed by atoms with van der Waals surface area (Å²) in [7, 11) is -9.33. The molecule has 0 aromatic heterocycles. The van der Waals surface area contributed by atoms with E-state index in [4.69, 9.17) is 35.0 Å². The second-order valence-corrected chi connectivity index (χ2v) is 2.69. The normalized spacial score (nSPS) is 9.67. The van der Waals surface area contributed by atoms with Crippen LogP contribution in [0.25, 0.3) is 0 Å². The van der Waals surface area contributed by atoms with E-state index in [0.29, 0.717) is 0 Å². The molecule has 0 saturated carbocycles. The second-order valence-electron chi connectivity index (χ2n) is 0.896. The van der Waals surface area contributed by atoms with Gasteiger partial charge in [0, 0.05) is 17.1 Å². The Kier molecular flexibility index (Phi) is 17.1. The van der Waals surface area contributed by atoms with Crippen LogP contribution in [0.5, 0.6) is 0 Å². The van der Waals surface area contributed by atoms with Gasteiger partial charge in [0.05, 0.1) is 0 Å². The van der Waals surface area contributed by atoms with Crippen molar-refractivity contribution in [2.45, 2.75) is 0 Å². The monoisotopic (exact) mass is 276 g/mol. The standard InChI is InChI=1S/Fe.Na.2H2O4S.H/c;;2*1-5(2,3)4;/h;;2*(H2,1,2,3,4);. The van der Waals surface area contributed by atoms with E-state index < -0.39 is 20.8 Å². The first kappa shape index (κ1) is 23.2. The van der Waals surface area contributed by atoms with Gasteiger partial charge in [-0.1, -0.05) is 0 Å². The molecule has 0 unspecified atom stereocenters. The van der Waals surface area contributed by atoms with E-state index in [1.165, 1.54) is 0 Å². The maximum absolute atomic E-state index is 8.74. The van der Waals surface area contributed by atoms with E-state index in [9.17, 15) is 0 Å². The fourth-order valence-electron chi connectivity index (χ4n) is 0. The first-order chi connectivity index (χ1) is 4.00. The summed E-state index contributed by atoms with van der Waals surface area (Å²) in [5, 5.41) is 0. The van der Waals surface area contributed by atoms with Gasteiger partial charge in [-0.2, -0.15) is 16.8 Å². The molecule has 0 rings (SSSR count). The Balaban J connectivity index is -0.0000000457. The van der Waals surface area contributed by atoms with Crippen LogP contribution in [-0.2, 0) is 37.9 Å². The van der Waals surface area contributed by atoms with Crippen molar-refractivity contribution in [1.29, 1.82) is 0 Å². The van der Waals surface area contributed by atoms with Crippen molar-refractivity contribution in [2.75, 3.05) is 0 Å². The summed E-state index contributed by atoms with van der Waals surface area (Å²) in [6, 6.07) is 0. The van der Waals surface area contributed by atoms with Crippen LogP contribution < -0.4 is 0 Å². The van der Waals surface area contributed by atoms with Crippen LogP contribution in [0.15, 0.2) is 0 Å². The number of hydrogen-bond donors (Lipinski definition) is 4. The Morgan fingerprint density at radius 3 is 0.667 bits per heavy atom. The molecule has 0 aromatic carbocycles. The Hall–Kier alpha value is 1.26. The van der Waals surface area contributed by atoms with Crippen LogP contribution >= 0.6 is 0 Å². The molecule has 0 spiro atoms. The molecule has 74 valence electrons. The zero-order chi connectivity index (χ0) is 9.00.